The molecule has 7 nitrogen and oxygen atoms in total. The molecule has 0 amide bonds. The average Bonchev–Trinajstić information content (AvgIpc) is 2.70. The van der Waals surface area contributed by atoms with Gasteiger partial charge in [-0.15, -0.1) is 0 Å². The molecule has 0 spiro atoms. The van der Waals surface area contributed by atoms with Crippen LogP contribution < -0.4 is 14.6 Å². The van der Waals surface area contributed by atoms with E-state index in [9.17, 15) is 25.6 Å². The highest BCUT2D eigenvalue weighted by Crippen LogP contribution is 2.34. The second-order valence-corrected chi connectivity index (χ2v) is 7.28. The molecule has 11 heteroatoms. The summed E-state index contributed by atoms with van der Waals surface area (Å²) >= 11 is 0. The standard InChI is InChI=1S/C9H10F2N2O5S2/c10-9(11)20(16,17)13-7-4-18-8-2-1-5(3-6(7)8)19(12,14)15/h1-3,7,9,13H,4H2,(H2,12,14,15). The highest BCUT2D eigenvalue weighted by Gasteiger charge is 2.33. The Morgan fingerprint density at radius 3 is 2.50 bits per heavy atom. The van der Waals surface area contributed by atoms with Crippen LogP contribution in [-0.4, -0.2) is 29.2 Å². The molecule has 0 radical (unpaired) electrons. The molecule has 112 valence electrons. The fraction of sp³-hybridized carbons (Fsp3) is 0.333. The number of hydrogen-bond acceptors (Lipinski definition) is 5. The van der Waals surface area contributed by atoms with Gasteiger partial charge in [0.25, 0.3) is 10.0 Å². The van der Waals surface area contributed by atoms with Gasteiger partial charge in [0.15, 0.2) is 0 Å². The first-order valence-corrected chi connectivity index (χ1v) is 8.29. The number of fused-ring (bicyclic) bond motifs is 1. The summed E-state index contributed by atoms with van der Waals surface area (Å²) in [6, 6.07) is 2.46. The third-order valence-corrected chi connectivity index (χ3v) is 4.62. The van der Waals surface area contributed by atoms with Gasteiger partial charge in [0.05, 0.1) is 10.9 Å². The van der Waals surface area contributed by atoms with Gasteiger partial charge < -0.3 is 4.74 Å². The zero-order valence-electron chi connectivity index (χ0n) is 9.78. The normalized spacial score (nSPS) is 18.9. The van der Waals surface area contributed by atoms with Crippen LogP contribution >= 0.6 is 0 Å². The number of sulfonamides is 2. The summed E-state index contributed by atoms with van der Waals surface area (Å²) in [5.74, 6) is -3.38. The van der Waals surface area contributed by atoms with Gasteiger partial charge >= 0.3 is 5.76 Å². The molecular weight excluding hydrogens is 318 g/mol. The summed E-state index contributed by atoms with van der Waals surface area (Å²) in [5.41, 5.74) is 0.140. The van der Waals surface area contributed by atoms with Gasteiger partial charge in [-0.2, -0.15) is 13.5 Å². The highest BCUT2D eigenvalue weighted by molar-refractivity contribution is 7.89. The lowest BCUT2D eigenvalue weighted by molar-refractivity contribution is 0.230. The number of alkyl halides is 2. The maximum absolute atomic E-state index is 12.3. The lowest BCUT2D eigenvalue weighted by Crippen LogP contribution is -2.33. The van der Waals surface area contributed by atoms with Crippen LogP contribution in [0.4, 0.5) is 8.78 Å². The Labute approximate surface area is 113 Å². The van der Waals surface area contributed by atoms with Crippen molar-refractivity contribution in [3.05, 3.63) is 23.8 Å². The molecule has 0 aliphatic carbocycles. The monoisotopic (exact) mass is 328 g/mol. The van der Waals surface area contributed by atoms with Crippen molar-refractivity contribution in [2.24, 2.45) is 5.14 Å². The molecule has 0 bridgehead atoms. The molecule has 0 aromatic heterocycles. The molecule has 1 heterocycles. The predicted octanol–water partition coefficient (Wildman–Crippen LogP) is -0.0905. The fourth-order valence-corrected chi connectivity index (χ4v) is 2.96. The van der Waals surface area contributed by atoms with Gasteiger partial charge in [-0.1, -0.05) is 0 Å². The van der Waals surface area contributed by atoms with Crippen LogP contribution in [0.2, 0.25) is 0 Å². The van der Waals surface area contributed by atoms with Crippen LogP contribution in [0.15, 0.2) is 23.1 Å². The molecule has 1 aromatic carbocycles. The Morgan fingerprint density at radius 1 is 1.30 bits per heavy atom. The van der Waals surface area contributed by atoms with E-state index in [1.807, 2.05) is 0 Å². The number of nitrogens with one attached hydrogen (secondary N) is 1. The molecule has 0 saturated heterocycles. The van der Waals surface area contributed by atoms with Crippen molar-refractivity contribution in [2.45, 2.75) is 16.7 Å². The van der Waals surface area contributed by atoms with Gasteiger partial charge in [0.1, 0.15) is 12.4 Å². The quantitative estimate of drug-likeness (QED) is 0.801. The fourth-order valence-electron chi connectivity index (χ4n) is 1.72. The van der Waals surface area contributed by atoms with E-state index < -0.39 is 31.8 Å². The number of primary sulfonamides is 1. The first-order valence-electron chi connectivity index (χ1n) is 5.20. The molecule has 1 aliphatic heterocycles. The molecule has 20 heavy (non-hydrogen) atoms. The van der Waals surface area contributed by atoms with Crippen LogP contribution in [0.1, 0.15) is 11.6 Å². The van der Waals surface area contributed by atoms with Crippen LogP contribution in [0.5, 0.6) is 5.75 Å². The van der Waals surface area contributed by atoms with Crippen LogP contribution in [0, 0.1) is 0 Å². The third kappa shape index (κ3) is 2.90. The van der Waals surface area contributed by atoms with Crippen LogP contribution in [-0.2, 0) is 20.0 Å². The number of hydrogen-bond donors (Lipinski definition) is 2. The zero-order valence-corrected chi connectivity index (χ0v) is 11.4. The van der Waals surface area contributed by atoms with Crippen molar-refractivity contribution >= 4 is 20.0 Å². The van der Waals surface area contributed by atoms with E-state index >= 15 is 0 Å². The lowest BCUT2D eigenvalue weighted by atomic mass is 10.1. The number of nitrogens with two attached hydrogens (primary N) is 1. The van der Waals surface area contributed by atoms with Crippen molar-refractivity contribution in [3.8, 4) is 5.75 Å². The molecule has 2 rings (SSSR count). The van der Waals surface area contributed by atoms with E-state index in [1.165, 1.54) is 12.1 Å². The van der Waals surface area contributed by atoms with Crippen LogP contribution in [0.25, 0.3) is 0 Å². The Kier molecular flexibility index (Phi) is 3.71. The van der Waals surface area contributed by atoms with Gasteiger partial charge in [-0.3, -0.25) is 0 Å². The molecule has 1 aromatic rings. The summed E-state index contributed by atoms with van der Waals surface area (Å²) in [6.45, 7) is -0.213. The van der Waals surface area contributed by atoms with Gasteiger partial charge in [-0.05, 0) is 18.2 Å². The number of halogens is 2. The minimum Gasteiger partial charge on any atom is -0.491 e. The maximum Gasteiger partial charge on any atom is 0.350 e. The Morgan fingerprint density at radius 2 is 1.95 bits per heavy atom. The molecular formula is C9H10F2N2O5S2. The molecule has 1 atom stereocenters. The molecule has 0 fully saturated rings. The minimum absolute atomic E-state index is 0.140. The maximum atomic E-state index is 12.3. The van der Waals surface area contributed by atoms with Gasteiger partial charge in [0, 0.05) is 5.56 Å². The summed E-state index contributed by atoms with van der Waals surface area (Å²) in [5, 5.41) is 4.94. The van der Waals surface area contributed by atoms with Crippen molar-refractivity contribution in [1.29, 1.82) is 0 Å². The zero-order chi connectivity index (χ0) is 15.1. The van der Waals surface area contributed by atoms with Crippen LogP contribution in [0.3, 0.4) is 0 Å². The lowest BCUT2D eigenvalue weighted by Gasteiger charge is -2.12. The number of rotatable bonds is 4. The SMILES string of the molecule is NS(=O)(=O)c1ccc2c(c1)C(NS(=O)(=O)C(F)F)CO2. The largest absolute Gasteiger partial charge is 0.491 e. The molecule has 0 saturated carbocycles. The Bertz CT molecular complexity index is 733. The van der Waals surface area contributed by atoms with Crippen molar-refractivity contribution in [2.75, 3.05) is 6.61 Å². The van der Waals surface area contributed by atoms with E-state index in [-0.39, 0.29) is 22.8 Å². The summed E-state index contributed by atoms with van der Waals surface area (Å²) in [4.78, 5) is -0.261. The summed E-state index contributed by atoms with van der Waals surface area (Å²) in [6.07, 6.45) is 0. The Balaban J connectivity index is 2.37. The topological polar surface area (TPSA) is 116 Å². The first kappa shape index (κ1) is 15.1. The van der Waals surface area contributed by atoms with E-state index in [0.29, 0.717) is 0 Å². The van der Waals surface area contributed by atoms with E-state index in [1.54, 1.807) is 4.72 Å². The van der Waals surface area contributed by atoms with Gasteiger partial charge in [0.2, 0.25) is 10.0 Å². The van der Waals surface area contributed by atoms with E-state index in [0.717, 1.165) is 6.07 Å². The van der Waals surface area contributed by atoms with Gasteiger partial charge in [-0.25, -0.2) is 22.0 Å². The number of ether oxygens (including phenoxy) is 1. The molecule has 1 aliphatic rings. The highest BCUT2D eigenvalue weighted by atomic mass is 32.2. The van der Waals surface area contributed by atoms with E-state index in [4.69, 9.17) is 9.88 Å². The summed E-state index contributed by atoms with van der Waals surface area (Å²) < 4.78 is 76.1. The van der Waals surface area contributed by atoms with E-state index in [2.05, 4.69) is 0 Å². The van der Waals surface area contributed by atoms with Crippen molar-refractivity contribution in [1.82, 2.24) is 4.72 Å². The summed E-state index contributed by atoms with van der Waals surface area (Å²) in [7, 11) is -8.81. The average molecular weight is 328 g/mol. The Hall–Kier alpha value is -1.30. The van der Waals surface area contributed by atoms with Crippen molar-refractivity contribution in [3.63, 3.8) is 0 Å². The van der Waals surface area contributed by atoms with Crippen molar-refractivity contribution < 1.29 is 30.4 Å². The molecule has 3 N–H and O–H groups in total. The third-order valence-electron chi connectivity index (χ3n) is 2.63. The number of benzene rings is 1. The minimum atomic E-state index is -4.82. The second kappa shape index (κ2) is 4.91. The first-order chi connectivity index (χ1) is 9.11. The molecule has 1 unspecified atom stereocenters. The second-order valence-electron chi connectivity index (χ2n) is 4.03. The predicted molar refractivity (Wildman–Crippen MR) is 64.1 cm³/mol. The smallest absolute Gasteiger partial charge is 0.350 e.